The highest BCUT2D eigenvalue weighted by Crippen LogP contribution is 2.25. The van der Waals surface area contributed by atoms with Gasteiger partial charge in [-0.05, 0) is 20.3 Å². The zero-order valence-corrected chi connectivity index (χ0v) is 8.89. The summed E-state index contributed by atoms with van der Waals surface area (Å²) in [6.45, 7) is 8.60. The zero-order valence-electron chi connectivity index (χ0n) is 8.89. The smallest absolute Gasteiger partial charge is 0.223 e. The van der Waals surface area contributed by atoms with Crippen LogP contribution in [0, 0.1) is 5.92 Å². The van der Waals surface area contributed by atoms with Gasteiger partial charge < -0.3 is 10.1 Å². The van der Waals surface area contributed by atoms with E-state index in [0.29, 0.717) is 0 Å². The lowest BCUT2D eigenvalue weighted by molar-refractivity contribution is -0.126. The molecule has 0 spiro atoms. The quantitative estimate of drug-likeness (QED) is 0.704. The van der Waals surface area contributed by atoms with Gasteiger partial charge in [0.25, 0.3) is 0 Å². The Balaban J connectivity index is 2.56. The maximum absolute atomic E-state index is 11.5. The van der Waals surface area contributed by atoms with Gasteiger partial charge in [-0.1, -0.05) is 13.8 Å². The number of ether oxygens (including phenoxy) is 1. The van der Waals surface area contributed by atoms with E-state index in [1.54, 1.807) is 0 Å². The molecule has 0 aromatic carbocycles. The molecule has 0 saturated carbocycles. The molecule has 1 aliphatic rings. The second kappa shape index (κ2) is 3.66. The van der Waals surface area contributed by atoms with Crippen LogP contribution >= 0.6 is 0 Å². The number of nitrogens with one attached hydrogen (secondary N) is 1. The summed E-state index contributed by atoms with van der Waals surface area (Å²) >= 11 is 0. The molecule has 1 rings (SSSR count). The second-order valence-corrected chi connectivity index (χ2v) is 4.32. The summed E-state index contributed by atoms with van der Waals surface area (Å²) in [5.41, 5.74) is -0.165. The molecule has 3 heteroatoms. The fourth-order valence-corrected chi connectivity index (χ4v) is 1.42. The third kappa shape index (κ3) is 2.21. The summed E-state index contributed by atoms with van der Waals surface area (Å²) in [6, 6.07) is 0. The maximum atomic E-state index is 11.5. The molecule has 1 aliphatic heterocycles. The van der Waals surface area contributed by atoms with E-state index in [0.717, 1.165) is 13.0 Å². The van der Waals surface area contributed by atoms with Gasteiger partial charge in [0, 0.05) is 12.5 Å². The molecule has 1 saturated heterocycles. The minimum Gasteiger partial charge on any atom is -0.376 e. The summed E-state index contributed by atoms with van der Waals surface area (Å²) in [6.07, 6.45) is 1.03. The Morgan fingerprint density at radius 3 is 2.62 bits per heavy atom. The van der Waals surface area contributed by atoms with E-state index in [1.807, 2.05) is 27.7 Å². The van der Waals surface area contributed by atoms with Crippen molar-refractivity contribution >= 4 is 5.91 Å². The van der Waals surface area contributed by atoms with Gasteiger partial charge in [0.05, 0.1) is 11.6 Å². The molecular formula is C10H19NO2. The minimum absolute atomic E-state index is 0.0459. The summed E-state index contributed by atoms with van der Waals surface area (Å²) in [7, 11) is 0. The minimum atomic E-state index is -0.165. The number of rotatable bonds is 2. The van der Waals surface area contributed by atoms with E-state index >= 15 is 0 Å². The highest BCUT2D eigenvalue weighted by molar-refractivity contribution is 5.78. The average Bonchev–Trinajstić information content (AvgIpc) is 2.32. The van der Waals surface area contributed by atoms with Gasteiger partial charge in [-0.15, -0.1) is 0 Å². The molecule has 0 aromatic rings. The van der Waals surface area contributed by atoms with E-state index in [4.69, 9.17) is 4.74 Å². The molecular weight excluding hydrogens is 166 g/mol. The first kappa shape index (κ1) is 10.5. The van der Waals surface area contributed by atoms with E-state index in [9.17, 15) is 4.79 Å². The lowest BCUT2D eigenvalue weighted by Crippen LogP contribution is -2.51. The van der Waals surface area contributed by atoms with Crippen LogP contribution < -0.4 is 5.32 Å². The number of carbonyl (C=O) groups excluding carboxylic acids is 1. The van der Waals surface area contributed by atoms with Crippen molar-refractivity contribution in [3.05, 3.63) is 0 Å². The van der Waals surface area contributed by atoms with Gasteiger partial charge in [0.15, 0.2) is 0 Å². The Labute approximate surface area is 79.8 Å². The first-order valence-electron chi connectivity index (χ1n) is 4.89. The molecule has 1 N–H and O–H groups in total. The molecule has 1 amide bonds. The molecule has 3 nitrogen and oxygen atoms in total. The lowest BCUT2D eigenvalue weighted by Gasteiger charge is -2.29. The topological polar surface area (TPSA) is 38.3 Å². The Hall–Kier alpha value is -0.570. The summed E-state index contributed by atoms with van der Waals surface area (Å²) in [5.74, 6) is 0.157. The molecule has 2 atom stereocenters. The van der Waals surface area contributed by atoms with Crippen LogP contribution in [0.5, 0.6) is 0 Å². The van der Waals surface area contributed by atoms with Gasteiger partial charge in [-0.3, -0.25) is 4.79 Å². The van der Waals surface area contributed by atoms with Gasteiger partial charge in [0.1, 0.15) is 0 Å². The lowest BCUT2D eigenvalue weighted by atomic mass is 9.94. The molecule has 0 aromatic heterocycles. The predicted octanol–water partition coefficient (Wildman–Crippen LogP) is 1.33. The Morgan fingerprint density at radius 1 is 1.62 bits per heavy atom. The van der Waals surface area contributed by atoms with Crippen molar-refractivity contribution in [1.82, 2.24) is 5.32 Å². The van der Waals surface area contributed by atoms with Crippen molar-refractivity contribution in [3.63, 3.8) is 0 Å². The third-order valence-corrected chi connectivity index (χ3v) is 2.82. The standard InChI is InChI=1S/C10H19NO2/c1-7(2)9(12)11-10(4)5-6-13-8(10)3/h7-8H,5-6H2,1-4H3,(H,11,12). The molecule has 0 aliphatic carbocycles. The average molecular weight is 185 g/mol. The van der Waals surface area contributed by atoms with Crippen molar-refractivity contribution in [2.24, 2.45) is 5.92 Å². The van der Waals surface area contributed by atoms with Crippen LogP contribution in [0.4, 0.5) is 0 Å². The van der Waals surface area contributed by atoms with E-state index < -0.39 is 0 Å². The number of hydrogen-bond acceptors (Lipinski definition) is 2. The molecule has 1 fully saturated rings. The Morgan fingerprint density at radius 2 is 2.23 bits per heavy atom. The first-order chi connectivity index (χ1) is 5.96. The van der Waals surface area contributed by atoms with E-state index in [2.05, 4.69) is 5.32 Å². The second-order valence-electron chi connectivity index (χ2n) is 4.32. The normalized spacial score (nSPS) is 33.8. The summed E-state index contributed by atoms with van der Waals surface area (Å²) in [5, 5.41) is 3.04. The maximum Gasteiger partial charge on any atom is 0.223 e. The van der Waals surface area contributed by atoms with Gasteiger partial charge in [-0.2, -0.15) is 0 Å². The van der Waals surface area contributed by atoms with Crippen molar-refractivity contribution in [3.8, 4) is 0 Å². The molecule has 0 radical (unpaired) electrons. The number of hydrogen-bond donors (Lipinski definition) is 1. The highest BCUT2D eigenvalue weighted by atomic mass is 16.5. The molecule has 1 heterocycles. The van der Waals surface area contributed by atoms with Gasteiger partial charge in [0.2, 0.25) is 5.91 Å². The third-order valence-electron chi connectivity index (χ3n) is 2.82. The number of carbonyl (C=O) groups is 1. The van der Waals surface area contributed by atoms with Crippen LogP contribution in [0.25, 0.3) is 0 Å². The summed E-state index contributed by atoms with van der Waals surface area (Å²) < 4.78 is 5.43. The first-order valence-corrected chi connectivity index (χ1v) is 4.89. The SMILES string of the molecule is CC(C)C(=O)NC1(C)CCOC1C. The van der Waals surface area contributed by atoms with E-state index in [-0.39, 0.29) is 23.5 Å². The van der Waals surface area contributed by atoms with Crippen LogP contribution in [0.3, 0.4) is 0 Å². The van der Waals surface area contributed by atoms with Crippen molar-refractivity contribution in [1.29, 1.82) is 0 Å². The number of amides is 1. The largest absolute Gasteiger partial charge is 0.376 e. The fourth-order valence-electron chi connectivity index (χ4n) is 1.42. The van der Waals surface area contributed by atoms with E-state index in [1.165, 1.54) is 0 Å². The summed E-state index contributed by atoms with van der Waals surface area (Å²) in [4.78, 5) is 11.5. The van der Waals surface area contributed by atoms with Crippen LogP contribution in [0.2, 0.25) is 0 Å². The van der Waals surface area contributed by atoms with Gasteiger partial charge in [-0.25, -0.2) is 0 Å². The van der Waals surface area contributed by atoms with Crippen LogP contribution in [0.1, 0.15) is 34.1 Å². The monoisotopic (exact) mass is 185 g/mol. The predicted molar refractivity (Wildman–Crippen MR) is 51.4 cm³/mol. The van der Waals surface area contributed by atoms with Gasteiger partial charge >= 0.3 is 0 Å². The molecule has 76 valence electrons. The molecule has 13 heavy (non-hydrogen) atoms. The molecule has 0 bridgehead atoms. The molecule has 2 unspecified atom stereocenters. The Kier molecular flexibility index (Phi) is 2.96. The fraction of sp³-hybridized carbons (Fsp3) is 0.900. The van der Waals surface area contributed by atoms with Crippen LogP contribution in [-0.4, -0.2) is 24.2 Å². The van der Waals surface area contributed by atoms with Crippen LogP contribution in [0.15, 0.2) is 0 Å². The zero-order chi connectivity index (χ0) is 10.1. The van der Waals surface area contributed by atoms with Crippen molar-refractivity contribution in [2.45, 2.75) is 45.8 Å². The Bertz CT molecular complexity index is 203. The van der Waals surface area contributed by atoms with Crippen molar-refractivity contribution < 1.29 is 9.53 Å². The highest BCUT2D eigenvalue weighted by Gasteiger charge is 2.38. The van der Waals surface area contributed by atoms with Crippen molar-refractivity contribution in [2.75, 3.05) is 6.61 Å². The van der Waals surface area contributed by atoms with Crippen LogP contribution in [-0.2, 0) is 9.53 Å².